The topological polar surface area (TPSA) is 80.5 Å². The summed E-state index contributed by atoms with van der Waals surface area (Å²) in [4.78, 5) is 15.5. The molecule has 2 atom stereocenters. The maximum Gasteiger partial charge on any atom is 0.231 e. The van der Waals surface area contributed by atoms with E-state index in [0.29, 0.717) is 19.4 Å². The van der Waals surface area contributed by atoms with Gasteiger partial charge in [-0.25, -0.2) is 13.6 Å². The van der Waals surface area contributed by atoms with E-state index >= 15 is 0 Å². The maximum absolute atomic E-state index is 12.7. The highest BCUT2D eigenvalue weighted by molar-refractivity contribution is 7.99. The summed E-state index contributed by atoms with van der Waals surface area (Å²) in [7, 11) is -3.58. The Kier molecular flexibility index (Phi) is 3.98. The van der Waals surface area contributed by atoms with Gasteiger partial charge < -0.3 is 4.90 Å². The van der Waals surface area contributed by atoms with Crippen molar-refractivity contribution >= 4 is 27.7 Å². The minimum absolute atomic E-state index is 0.0285. The number of carbonyl (C=O) groups is 1. The minimum Gasteiger partial charge on any atom is -0.341 e. The molecule has 5 nitrogen and oxygen atoms in total. The number of nitrogens with zero attached hydrogens (tertiary/aromatic N) is 1. The molecule has 2 unspecified atom stereocenters. The predicted molar refractivity (Wildman–Crippen MR) is 82.6 cm³/mol. The van der Waals surface area contributed by atoms with Gasteiger partial charge in [-0.1, -0.05) is 18.2 Å². The summed E-state index contributed by atoms with van der Waals surface area (Å²) in [5.41, 5.74) is 1.06. The lowest BCUT2D eigenvalue weighted by Crippen LogP contribution is -2.48. The molecule has 114 valence electrons. The number of hydrogen-bond acceptors (Lipinski definition) is 4. The van der Waals surface area contributed by atoms with E-state index in [0.717, 1.165) is 16.2 Å². The molecule has 21 heavy (non-hydrogen) atoms. The molecule has 7 heteroatoms. The quantitative estimate of drug-likeness (QED) is 0.884. The number of benzene rings is 1. The number of amides is 1. The van der Waals surface area contributed by atoms with Crippen LogP contribution in [0.2, 0.25) is 0 Å². The van der Waals surface area contributed by atoms with Crippen molar-refractivity contribution in [3.63, 3.8) is 0 Å². The Morgan fingerprint density at radius 3 is 2.86 bits per heavy atom. The first kappa shape index (κ1) is 14.9. The summed E-state index contributed by atoms with van der Waals surface area (Å²) in [5.74, 6) is 0.598. The Balaban J connectivity index is 1.77. The number of thioether (sulfide) groups is 1. The van der Waals surface area contributed by atoms with E-state index in [1.54, 1.807) is 16.7 Å². The molecular formula is C14H18N2O3S2. The second-order valence-electron chi connectivity index (χ2n) is 5.54. The normalized spacial score (nSPS) is 25.7. The lowest BCUT2D eigenvalue weighted by molar-refractivity contribution is -0.133. The van der Waals surface area contributed by atoms with E-state index in [1.165, 1.54) is 0 Å². The fourth-order valence-electron chi connectivity index (χ4n) is 2.99. The smallest absolute Gasteiger partial charge is 0.231 e. The Morgan fingerprint density at radius 2 is 2.10 bits per heavy atom. The van der Waals surface area contributed by atoms with Gasteiger partial charge >= 0.3 is 0 Å². The third-order valence-electron chi connectivity index (χ3n) is 4.15. The first-order chi connectivity index (χ1) is 9.97. The van der Waals surface area contributed by atoms with Gasteiger partial charge in [0.15, 0.2) is 0 Å². The highest BCUT2D eigenvalue weighted by Gasteiger charge is 2.36. The highest BCUT2D eigenvalue weighted by atomic mass is 32.2. The molecule has 2 aliphatic rings. The van der Waals surface area contributed by atoms with Crippen LogP contribution in [0.15, 0.2) is 29.2 Å². The van der Waals surface area contributed by atoms with Gasteiger partial charge in [0.1, 0.15) is 0 Å². The monoisotopic (exact) mass is 326 g/mol. The van der Waals surface area contributed by atoms with E-state index in [1.807, 2.05) is 24.3 Å². The van der Waals surface area contributed by atoms with Crippen LogP contribution in [-0.4, -0.2) is 43.3 Å². The lowest BCUT2D eigenvalue weighted by atomic mass is 9.98. The summed E-state index contributed by atoms with van der Waals surface area (Å²) in [6, 6.07) is 7.92. The van der Waals surface area contributed by atoms with Crippen molar-refractivity contribution in [1.29, 1.82) is 0 Å². The molecule has 0 saturated carbocycles. The number of sulfonamides is 1. The standard InChI is InChI=1S/C14H18N2O3S2/c15-21(18,19)10-4-3-7-16(8-10)14(17)12-9-20-13-6-2-1-5-11(12)13/h1-2,5-6,10,12H,3-4,7-9H2,(H2,15,18,19). The molecule has 1 amide bonds. The van der Waals surface area contributed by atoms with E-state index < -0.39 is 15.3 Å². The van der Waals surface area contributed by atoms with Crippen LogP contribution in [0.4, 0.5) is 0 Å². The molecule has 2 aliphatic heterocycles. The largest absolute Gasteiger partial charge is 0.341 e. The third kappa shape index (κ3) is 2.95. The van der Waals surface area contributed by atoms with Crippen LogP contribution in [0.25, 0.3) is 0 Å². The molecule has 3 rings (SSSR count). The van der Waals surface area contributed by atoms with Crippen LogP contribution in [0.3, 0.4) is 0 Å². The van der Waals surface area contributed by atoms with Gasteiger partial charge in [-0.05, 0) is 24.5 Å². The van der Waals surface area contributed by atoms with Crippen LogP contribution in [0.1, 0.15) is 24.3 Å². The van der Waals surface area contributed by atoms with Crippen molar-refractivity contribution in [2.75, 3.05) is 18.8 Å². The van der Waals surface area contributed by atoms with E-state index in [4.69, 9.17) is 5.14 Å². The zero-order valence-electron chi connectivity index (χ0n) is 11.6. The summed E-state index contributed by atoms with van der Waals surface area (Å²) in [5, 5.41) is 4.61. The van der Waals surface area contributed by atoms with Gasteiger partial charge in [0.2, 0.25) is 15.9 Å². The Bertz CT molecular complexity index is 660. The Labute approximate surface area is 128 Å². The number of fused-ring (bicyclic) bond motifs is 1. The lowest BCUT2D eigenvalue weighted by Gasteiger charge is -2.33. The Morgan fingerprint density at radius 1 is 1.33 bits per heavy atom. The van der Waals surface area contributed by atoms with Crippen LogP contribution in [0.5, 0.6) is 0 Å². The minimum atomic E-state index is -3.58. The number of piperidine rings is 1. The van der Waals surface area contributed by atoms with Crippen molar-refractivity contribution in [3.8, 4) is 0 Å². The second kappa shape index (κ2) is 5.62. The molecule has 1 saturated heterocycles. The molecule has 0 aliphatic carbocycles. The van der Waals surface area contributed by atoms with Crippen molar-refractivity contribution in [1.82, 2.24) is 4.90 Å². The fourth-order valence-corrected chi connectivity index (χ4v) is 5.10. The second-order valence-corrected chi connectivity index (χ2v) is 8.45. The zero-order chi connectivity index (χ0) is 15.0. The first-order valence-electron chi connectivity index (χ1n) is 6.99. The van der Waals surface area contributed by atoms with Gasteiger partial charge in [-0.15, -0.1) is 11.8 Å². The van der Waals surface area contributed by atoms with Crippen LogP contribution in [-0.2, 0) is 14.8 Å². The molecule has 0 spiro atoms. The van der Waals surface area contributed by atoms with Crippen molar-refractivity contribution in [2.24, 2.45) is 5.14 Å². The number of nitrogens with two attached hydrogens (primary N) is 1. The summed E-state index contributed by atoms with van der Waals surface area (Å²) in [6.45, 7) is 0.842. The number of rotatable bonds is 2. The average molecular weight is 326 g/mol. The van der Waals surface area contributed by atoms with E-state index in [2.05, 4.69) is 0 Å². The van der Waals surface area contributed by atoms with Crippen LogP contribution >= 0.6 is 11.8 Å². The Hall–Kier alpha value is -1.05. The summed E-state index contributed by atoms with van der Waals surface area (Å²) in [6.07, 6.45) is 1.23. The molecule has 1 aromatic carbocycles. The van der Waals surface area contributed by atoms with Crippen LogP contribution < -0.4 is 5.14 Å². The number of hydrogen-bond donors (Lipinski definition) is 1. The molecule has 1 fully saturated rings. The van der Waals surface area contributed by atoms with Gasteiger partial charge in [-0.2, -0.15) is 0 Å². The van der Waals surface area contributed by atoms with Crippen molar-refractivity contribution < 1.29 is 13.2 Å². The van der Waals surface area contributed by atoms with Crippen molar-refractivity contribution in [3.05, 3.63) is 29.8 Å². The molecule has 2 N–H and O–H groups in total. The molecule has 1 aromatic rings. The van der Waals surface area contributed by atoms with Gasteiger partial charge in [0.05, 0.1) is 11.2 Å². The van der Waals surface area contributed by atoms with E-state index in [9.17, 15) is 13.2 Å². The zero-order valence-corrected chi connectivity index (χ0v) is 13.2. The van der Waals surface area contributed by atoms with Gasteiger partial charge in [0.25, 0.3) is 0 Å². The fraction of sp³-hybridized carbons (Fsp3) is 0.500. The number of carbonyl (C=O) groups excluding carboxylic acids is 1. The predicted octanol–water partition coefficient (Wildman–Crippen LogP) is 1.16. The number of primary sulfonamides is 1. The van der Waals surface area contributed by atoms with Gasteiger partial charge in [0, 0.05) is 23.7 Å². The molecule has 0 aromatic heterocycles. The van der Waals surface area contributed by atoms with E-state index in [-0.39, 0.29) is 18.4 Å². The number of likely N-dealkylation sites (tertiary alicyclic amines) is 1. The van der Waals surface area contributed by atoms with Crippen LogP contribution in [0, 0.1) is 0 Å². The highest BCUT2D eigenvalue weighted by Crippen LogP contribution is 2.40. The summed E-state index contributed by atoms with van der Waals surface area (Å²) < 4.78 is 23.0. The van der Waals surface area contributed by atoms with Crippen molar-refractivity contribution in [2.45, 2.75) is 28.9 Å². The average Bonchev–Trinajstić information content (AvgIpc) is 2.90. The first-order valence-corrected chi connectivity index (χ1v) is 9.58. The summed E-state index contributed by atoms with van der Waals surface area (Å²) >= 11 is 1.68. The third-order valence-corrected chi connectivity index (χ3v) is 6.65. The molecule has 0 bridgehead atoms. The molecule has 0 radical (unpaired) electrons. The molecule has 2 heterocycles. The molecular weight excluding hydrogens is 308 g/mol. The van der Waals surface area contributed by atoms with Gasteiger partial charge in [-0.3, -0.25) is 4.79 Å². The SMILES string of the molecule is NS(=O)(=O)C1CCCN(C(=O)C2CSc3ccccc32)C1. The maximum atomic E-state index is 12.7.